The van der Waals surface area contributed by atoms with Crippen molar-refractivity contribution >= 4 is 16.9 Å². The average molecular weight is 408 g/mol. The molecule has 4 rings (SSSR count). The molecular weight excluding hydrogens is 384 g/mol. The fraction of sp³-hybridized carbons (Fsp3) is 0.333. The van der Waals surface area contributed by atoms with Crippen molar-refractivity contribution in [3.8, 4) is 28.4 Å². The molecule has 0 radical (unpaired) electrons. The lowest BCUT2D eigenvalue weighted by Gasteiger charge is -2.19. The molecule has 3 aromatic rings. The van der Waals surface area contributed by atoms with Gasteiger partial charge in [-0.1, -0.05) is 25.3 Å². The highest BCUT2D eigenvalue weighted by atomic mass is 16.5. The van der Waals surface area contributed by atoms with Gasteiger partial charge in [0.1, 0.15) is 11.3 Å². The minimum absolute atomic E-state index is 0.0473. The zero-order chi connectivity index (χ0) is 21.1. The van der Waals surface area contributed by atoms with Crippen molar-refractivity contribution in [2.75, 3.05) is 14.2 Å². The minimum atomic E-state index is -0.481. The van der Waals surface area contributed by atoms with Gasteiger partial charge in [0.15, 0.2) is 11.5 Å². The maximum atomic E-state index is 12.6. The van der Waals surface area contributed by atoms with Gasteiger partial charge in [0.2, 0.25) is 0 Å². The van der Waals surface area contributed by atoms with Crippen molar-refractivity contribution < 1.29 is 23.4 Å². The van der Waals surface area contributed by atoms with Crippen LogP contribution in [0.3, 0.4) is 0 Å². The number of methoxy groups -OCH3 is 2. The number of rotatable bonds is 5. The van der Waals surface area contributed by atoms with Crippen LogP contribution in [0.15, 0.2) is 51.7 Å². The second-order valence-corrected chi connectivity index (χ2v) is 7.47. The van der Waals surface area contributed by atoms with E-state index in [4.69, 9.17) is 18.6 Å². The van der Waals surface area contributed by atoms with Crippen molar-refractivity contribution in [1.29, 1.82) is 0 Å². The van der Waals surface area contributed by atoms with E-state index in [-0.39, 0.29) is 11.9 Å². The summed E-state index contributed by atoms with van der Waals surface area (Å²) in [6.45, 7) is 0. The van der Waals surface area contributed by atoms with Crippen LogP contribution in [0.5, 0.6) is 17.2 Å². The van der Waals surface area contributed by atoms with E-state index in [2.05, 4.69) is 0 Å². The van der Waals surface area contributed by atoms with Gasteiger partial charge in [0, 0.05) is 11.5 Å². The largest absolute Gasteiger partial charge is 0.493 e. The first kappa shape index (κ1) is 20.0. The predicted octanol–water partition coefficient (Wildman–Crippen LogP) is 4.96. The molecule has 0 unspecified atom stereocenters. The Kier molecular flexibility index (Phi) is 5.74. The van der Waals surface area contributed by atoms with Crippen LogP contribution >= 0.6 is 0 Å². The normalized spacial score (nSPS) is 14.5. The minimum Gasteiger partial charge on any atom is -0.493 e. The Bertz CT molecular complexity index is 1120. The van der Waals surface area contributed by atoms with E-state index in [1.54, 1.807) is 56.7 Å². The van der Waals surface area contributed by atoms with Gasteiger partial charge in [-0.3, -0.25) is 4.79 Å². The van der Waals surface area contributed by atoms with Crippen LogP contribution in [0.25, 0.3) is 22.1 Å². The van der Waals surface area contributed by atoms with Crippen molar-refractivity contribution in [3.63, 3.8) is 0 Å². The molecule has 1 aliphatic carbocycles. The summed E-state index contributed by atoms with van der Waals surface area (Å²) in [4.78, 5) is 25.0. The Labute approximate surface area is 174 Å². The van der Waals surface area contributed by atoms with Gasteiger partial charge in [0.05, 0.1) is 25.7 Å². The zero-order valence-electron chi connectivity index (χ0n) is 17.1. The Morgan fingerprint density at radius 1 is 0.933 bits per heavy atom. The molecular formula is C24H24O6. The standard InChI is InChI=1S/C24H24O6/c1-27-20-11-9-16(13-22(20)28-2)19-12-17-8-10-18(14-21(17)30-24(19)26)29-23(25)15-6-4-3-5-7-15/h8-15H,3-7H2,1-2H3. The van der Waals surface area contributed by atoms with Crippen LogP contribution in [-0.2, 0) is 4.79 Å². The maximum Gasteiger partial charge on any atom is 0.344 e. The third-order valence-electron chi connectivity index (χ3n) is 5.56. The van der Waals surface area contributed by atoms with E-state index in [9.17, 15) is 9.59 Å². The number of fused-ring (bicyclic) bond motifs is 1. The number of hydrogen-bond acceptors (Lipinski definition) is 6. The molecule has 6 heteroatoms. The molecule has 0 saturated heterocycles. The molecule has 2 aromatic carbocycles. The second-order valence-electron chi connectivity index (χ2n) is 7.47. The first-order valence-electron chi connectivity index (χ1n) is 10.1. The molecule has 0 N–H and O–H groups in total. The lowest BCUT2D eigenvalue weighted by molar-refractivity contribution is -0.139. The number of carbonyl (C=O) groups excluding carboxylic acids is 1. The molecule has 0 amide bonds. The zero-order valence-corrected chi connectivity index (χ0v) is 17.1. The number of esters is 1. The van der Waals surface area contributed by atoms with E-state index in [0.29, 0.717) is 34.0 Å². The summed E-state index contributed by atoms with van der Waals surface area (Å²) in [5, 5.41) is 0.733. The van der Waals surface area contributed by atoms with Gasteiger partial charge in [-0.25, -0.2) is 4.79 Å². The first-order valence-corrected chi connectivity index (χ1v) is 10.1. The molecule has 1 fully saturated rings. The molecule has 0 bridgehead atoms. The fourth-order valence-corrected chi connectivity index (χ4v) is 3.90. The maximum absolute atomic E-state index is 12.6. The van der Waals surface area contributed by atoms with Crippen LogP contribution < -0.4 is 19.8 Å². The Hall–Kier alpha value is -3.28. The molecule has 30 heavy (non-hydrogen) atoms. The van der Waals surface area contributed by atoms with Crippen LogP contribution in [-0.4, -0.2) is 20.2 Å². The number of ether oxygens (including phenoxy) is 3. The highest BCUT2D eigenvalue weighted by Gasteiger charge is 2.23. The van der Waals surface area contributed by atoms with Crippen LogP contribution in [0, 0.1) is 5.92 Å². The average Bonchev–Trinajstić information content (AvgIpc) is 2.78. The van der Waals surface area contributed by atoms with Crippen molar-refractivity contribution in [2.24, 2.45) is 5.92 Å². The van der Waals surface area contributed by atoms with Crippen molar-refractivity contribution in [3.05, 3.63) is 52.9 Å². The third kappa shape index (κ3) is 4.03. The Morgan fingerprint density at radius 2 is 1.70 bits per heavy atom. The van der Waals surface area contributed by atoms with E-state index >= 15 is 0 Å². The third-order valence-corrected chi connectivity index (χ3v) is 5.56. The summed E-state index contributed by atoms with van der Waals surface area (Å²) < 4.78 is 21.6. The van der Waals surface area contributed by atoms with Crippen LogP contribution in [0.4, 0.5) is 0 Å². The number of carbonyl (C=O) groups is 1. The van der Waals surface area contributed by atoms with Gasteiger partial charge >= 0.3 is 11.6 Å². The molecule has 1 aromatic heterocycles. The summed E-state index contributed by atoms with van der Waals surface area (Å²) in [6.07, 6.45) is 5.04. The predicted molar refractivity (Wildman–Crippen MR) is 113 cm³/mol. The van der Waals surface area contributed by atoms with E-state index in [0.717, 1.165) is 31.1 Å². The van der Waals surface area contributed by atoms with E-state index in [1.165, 1.54) is 6.42 Å². The highest BCUT2D eigenvalue weighted by Crippen LogP contribution is 2.33. The topological polar surface area (TPSA) is 75.0 Å². The van der Waals surface area contributed by atoms with Crippen molar-refractivity contribution in [1.82, 2.24) is 0 Å². The summed E-state index contributed by atoms with van der Waals surface area (Å²) in [5.74, 6) is 1.24. The molecule has 6 nitrogen and oxygen atoms in total. The summed E-state index contributed by atoms with van der Waals surface area (Å²) in [7, 11) is 3.10. The van der Waals surface area contributed by atoms with Crippen LogP contribution in [0.1, 0.15) is 32.1 Å². The van der Waals surface area contributed by atoms with E-state index < -0.39 is 5.63 Å². The molecule has 1 aliphatic rings. The van der Waals surface area contributed by atoms with Gasteiger partial charge in [0.25, 0.3) is 0 Å². The first-order chi connectivity index (χ1) is 14.6. The van der Waals surface area contributed by atoms with Crippen molar-refractivity contribution in [2.45, 2.75) is 32.1 Å². The molecule has 1 heterocycles. The molecule has 0 aliphatic heterocycles. The van der Waals surface area contributed by atoms with E-state index in [1.807, 2.05) is 0 Å². The summed E-state index contributed by atoms with van der Waals surface area (Å²) >= 11 is 0. The molecule has 1 saturated carbocycles. The van der Waals surface area contributed by atoms with Gasteiger partial charge < -0.3 is 18.6 Å². The fourth-order valence-electron chi connectivity index (χ4n) is 3.90. The Balaban J connectivity index is 1.63. The SMILES string of the molecule is COc1ccc(-c2cc3ccc(OC(=O)C4CCCCC4)cc3oc2=O)cc1OC. The molecule has 0 atom stereocenters. The highest BCUT2D eigenvalue weighted by molar-refractivity contribution is 5.84. The number of hydrogen-bond donors (Lipinski definition) is 0. The number of benzene rings is 2. The monoisotopic (exact) mass is 408 g/mol. The molecule has 0 spiro atoms. The quantitative estimate of drug-likeness (QED) is 0.337. The smallest absolute Gasteiger partial charge is 0.344 e. The van der Waals surface area contributed by atoms with Crippen LogP contribution in [0.2, 0.25) is 0 Å². The summed E-state index contributed by atoms with van der Waals surface area (Å²) in [5.41, 5.74) is 0.968. The van der Waals surface area contributed by atoms with Gasteiger partial charge in [-0.05, 0) is 48.7 Å². The Morgan fingerprint density at radius 3 is 2.43 bits per heavy atom. The lowest BCUT2D eigenvalue weighted by Crippen LogP contribution is -2.22. The summed E-state index contributed by atoms with van der Waals surface area (Å²) in [6, 6.07) is 12.1. The molecule has 156 valence electrons. The van der Waals surface area contributed by atoms with Gasteiger partial charge in [-0.15, -0.1) is 0 Å². The lowest BCUT2D eigenvalue weighted by atomic mass is 9.89. The van der Waals surface area contributed by atoms with Gasteiger partial charge in [-0.2, -0.15) is 0 Å². The second kappa shape index (κ2) is 8.61.